The van der Waals surface area contributed by atoms with Crippen LogP contribution >= 0.6 is 24.0 Å². The van der Waals surface area contributed by atoms with Crippen LogP contribution in [0.2, 0.25) is 0 Å². The third-order valence-electron chi connectivity index (χ3n) is 5.19. The highest BCUT2D eigenvalue weighted by atomic mass is 127. The minimum atomic E-state index is 0. The number of hydrogen-bond donors (Lipinski definition) is 1. The van der Waals surface area contributed by atoms with Gasteiger partial charge in [0, 0.05) is 64.1 Å². The molecule has 1 saturated heterocycles. The first kappa shape index (κ1) is 23.8. The molecule has 0 unspecified atom stereocenters. The van der Waals surface area contributed by atoms with Gasteiger partial charge in [0.1, 0.15) is 11.4 Å². The molecule has 0 saturated carbocycles. The van der Waals surface area contributed by atoms with Crippen molar-refractivity contribution in [2.24, 2.45) is 4.99 Å². The number of hydrogen-bond acceptors (Lipinski definition) is 7. The van der Waals surface area contributed by atoms with Gasteiger partial charge in [0.05, 0.1) is 7.11 Å². The Labute approximate surface area is 204 Å². The van der Waals surface area contributed by atoms with Crippen LogP contribution in [-0.4, -0.2) is 72.9 Å². The van der Waals surface area contributed by atoms with Gasteiger partial charge in [-0.05, 0) is 24.3 Å². The average Bonchev–Trinajstić information content (AvgIpc) is 3.32. The summed E-state index contributed by atoms with van der Waals surface area (Å²) in [5, 5.41) is 7.46. The van der Waals surface area contributed by atoms with Gasteiger partial charge in [0.2, 0.25) is 0 Å². The van der Waals surface area contributed by atoms with Crippen molar-refractivity contribution in [2.75, 3.05) is 51.8 Å². The molecular weight excluding hydrogens is 521 g/mol. The Kier molecular flexibility index (Phi) is 8.65. The van der Waals surface area contributed by atoms with Crippen LogP contribution in [-0.2, 0) is 6.42 Å². The lowest BCUT2D eigenvalue weighted by Crippen LogP contribution is -2.52. The minimum absolute atomic E-state index is 0. The van der Waals surface area contributed by atoms with E-state index in [1.54, 1.807) is 13.3 Å². The fraction of sp³-hybridized carbons (Fsp3) is 0.364. The number of halogens is 1. The Balaban J connectivity index is 0.00000289. The number of ether oxygens (including phenoxy) is 1. The number of rotatable bonds is 6. The van der Waals surface area contributed by atoms with Crippen molar-refractivity contribution in [3.8, 4) is 17.3 Å². The molecular formula is C22H28IN7O2. The molecule has 0 spiro atoms. The maximum atomic E-state index is 5.34. The van der Waals surface area contributed by atoms with E-state index in [4.69, 9.17) is 9.26 Å². The molecule has 1 fully saturated rings. The van der Waals surface area contributed by atoms with Crippen LogP contribution < -0.4 is 15.0 Å². The molecule has 0 atom stereocenters. The number of aliphatic imine (C=N–C) groups is 1. The summed E-state index contributed by atoms with van der Waals surface area (Å²) in [5.41, 5.74) is 1.86. The number of benzene rings is 1. The van der Waals surface area contributed by atoms with E-state index in [-0.39, 0.29) is 24.0 Å². The SMILES string of the molecule is CN=C(NCCc1noc(-c2ccccn2)n1)N1CCN(c2cccc(OC)c2)CC1.I. The monoisotopic (exact) mass is 549 g/mol. The highest BCUT2D eigenvalue weighted by Crippen LogP contribution is 2.22. The zero-order chi connectivity index (χ0) is 21.5. The van der Waals surface area contributed by atoms with E-state index in [9.17, 15) is 0 Å². The van der Waals surface area contributed by atoms with Gasteiger partial charge in [-0.1, -0.05) is 17.3 Å². The molecule has 0 bridgehead atoms. The quantitative estimate of drug-likeness (QED) is 0.285. The smallest absolute Gasteiger partial charge is 0.276 e. The minimum Gasteiger partial charge on any atom is -0.497 e. The number of pyridine rings is 1. The number of anilines is 1. The fourth-order valence-corrected chi connectivity index (χ4v) is 3.55. The van der Waals surface area contributed by atoms with E-state index in [0.717, 1.165) is 37.9 Å². The number of nitrogens with one attached hydrogen (secondary N) is 1. The van der Waals surface area contributed by atoms with Crippen LogP contribution in [0.25, 0.3) is 11.6 Å². The van der Waals surface area contributed by atoms with Crippen molar-refractivity contribution in [1.82, 2.24) is 25.3 Å². The summed E-state index contributed by atoms with van der Waals surface area (Å²) >= 11 is 0. The summed E-state index contributed by atoms with van der Waals surface area (Å²) in [6.45, 7) is 4.30. The third-order valence-corrected chi connectivity index (χ3v) is 5.19. The highest BCUT2D eigenvalue weighted by Gasteiger charge is 2.20. The van der Waals surface area contributed by atoms with Crippen molar-refractivity contribution in [1.29, 1.82) is 0 Å². The van der Waals surface area contributed by atoms with E-state index < -0.39 is 0 Å². The lowest BCUT2D eigenvalue weighted by Gasteiger charge is -2.37. The summed E-state index contributed by atoms with van der Waals surface area (Å²) in [6.07, 6.45) is 2.35. The molecule has 1 aliphatic heterocycles. The van der Waals surface area contributed by atoms with Gasteiger partial charge in [-0.25, -0.2) is 0 Å². The Morgan fingerprint density at radius 2 is 2.00 bits per heavy atom. The van der Waals surface area contributed by atoms with E-state index in [1.165, 1.54) is 5.69 Å². The summed E-state index contributed by atoms with van der Waals surface area (Å²) in [6, 6.07) is 13.8. The fourth-order valence-electron chi connectivity index (χ4n) is 3.55. The predicted molar refractivity (Wildman–Crippen MR) is 135 cm³/mol. The molecule has 3 heterocycles. The lowest BCUT2D eigenvalue weighted by atomic mass is 10.2. The molecule has 9 nitrogen and oxygen atoms in total. The van der Waals surface area contributed by atoms with E-state index in [2.05, 4.69) is 47.4 Å². The van der Waals surface area contributed by atoms with E-state index in [1.807, 2.05) is 37.4 Å². The van der Waals surface area contributed by atoms with Crippen molar-refractivity contribution >= 4 is 35.6 Å². The molecule has 1 N–H and O–H groups in total. The third kappa shape index (κ3) is 5.87. The van der Waals surface area contributed by atoms with E-state index >= 15 is 0 Å². The average molecular weight is 549 g/mol. The summed E-state index contributed by atoms with van der Waals surface area (Å²) in [7, 11) is 3.50. The lowest BCUT2D eigenvalue weighted by molar-refractivity contribution is 0.372. The maximum Gasteiger partial charge on any atom is 0.276 e. The van der Waals surface area contributed by atoms with Crippen LogP contribution in [0.3, 0.4) is 0 Å². The number of guanidine groups is 1. The summed E-state index contributed by atoms with van der Waals surface area (Å²) in [5.74, 6) is 2.85. The molecule has 3 aromatic rings. The van der Waals surface area contributed by atoms with Crippen LogP contribution in [0.5, 0.6) is 5.75 Å². The molecule has 0 amide bonds. The first-order chi connectivity index (χ1) is 15.3. The molecule has 32 heavy (non-hydrogen) atoms. The molecule has 170 valence electrons. The number of aromatic nitrogens is 3. The van der Waals surface area contributed by atoms with Gasteiger partial charge in [0.25, 0.3) is 5.89 Å². The van der Waals surface area contributed by atoms with Gasteiger partial charge in [0.15, 0.2) is 11.8 Å². The summed E-state index contributed by atoms with van der Waals surface area (Å²) < 4.78 is 10.7. The first-order valence-electron chi connectivity index (χ1n) is 10.4. The second kappa shape index (κ2) is 11.7. The molecule has 2 aromatic heterocycles. The van der Waals surface area contributed by atoms with Gasteiger partial charge in [-0.15, -0.1) is 24.0 Å². The van der Waals surface area contributed by atoms with Crippen molar-refractivity contribution < 1.29 is 9.26 Å². The van der Waals surface area contributed by atoms with Crippen LogP contribution in [0.15, 0.2) is 58.2 Å². The van der Waals surface area contributed by atoms with Crippen molar-refractivity contribution in [2.45, 2.75) is 6.42 Å². The van der Waals surface area contributed by atoms with Gasteiger partial charge in [-0.2, -0.15) is 4.98 Å². The molecule has 0 radical (unpaired) electrons. The molecule has 1 aromatic carbocycles. The largest absolute Gasteiger partial charge is 0.497 e. The standard InChI is InChI=1S/C22H27N7O2.HI/c1-23-22(25-11-9-20-26-21(31-27-20)19-8-3-4-10-24-19)29-14-12-28(13-15-29)17-6-5-7-18(16-17)30-2;/h3-8,10,16H,9,11-15H2,1-2H3,(H,23,25);1H. The van der Waals surface area contributed by atoms with Gasteiger partial charge >= 0.3 is 0 Å². The number of nitrogens with zero attached hydrogens (tertiary/aromatic N) is 6. The zero-order valence-corrected chi connectivity index (χ0v) is 20.6. The molecule has 10 heteroatoms. The van der Waals surface area contributed by atoms with Crippen LogP contribution in [0, 0.1) is 0 Å². The van der Waals surface area contributed by atoms with Gasteiger partial charge < -0.3 is 24.4 Å². The maximum absolute atomic E-state index is 5.34. The Morgan fingerprint density at radius 3 is 2.72 bits per heavy atom. The zero-order valence-electron chi connectivity index (χ0n) is 18.3. The topological polar surface area (TPSA) is 91.9 Å². The Bertz CT molecular complexity index is 1000. The normalized spacial score (nSPS) is 14.1. The highest BCUT2D eigenvalue weighted by molar-refractivity contribution is 14.0. The second-order valence-electron chi connectivity index (χ2n) is 7.13. The summed E-state index contributed by atoms with van der Waals surface area (Å²) in [4.78, 5) is 17.7. The number of methoxy groups -OCH3 is 1. The first-order valence-corrected chi connectivity index (χ1v) is 10.4. The van der Waals surface area contributed by atoms with Crippen LogP contribution in [0.1, 0.15) is 5.82 Å². The molecule has 0 aliphatic carbocycles. The Morgan fingerprint density at radius 1 is 1.16 bits per heavy atom. The Hall–Kier alpha value is -2.89. The predicted octanol–water partition coefficient (Wildman–Crippen LogP) is 2.70. The molecule has 4 rings (SSSR count). The van der Waals surface area contributed by atoms with Gasteiger partial charge in [-0.3, -0.25) is 9.98 Å². The van der Waals surface area contributed by atoms with Crippen molar-refractivity contribution in [3.05, 3.63) is 54.5 Å². The second-order valence-corrected chi connectivity index (χ2v) is 7.13. The van der Waals surface area contributed by atoms with Crippen LogP contribution in [0.4, 0.5) is 5.69 Å². The van der Waals surface area contributed by atoms with E-state index in [0.29, 0.717) is 30.4 Å². The number of piperazine rings is 1. The molecule has 1 aliphatic rings. The van der Waals surface area contributed by atoms with Crippen molar-refractivity contribution in [3.63, 3.8) is 0 Å².